The highest BCUT2D eigenvalue weighted by Crippen LogP contribution is 2.25. The lowest BCUT2D eigenvalue weighted by Gasteiger charge is -2.37. The first-order valence-electron chi connectivity index (χ1n) is 8.88. The van der Waals surface area contributed by atoms with Gasteiger partial charge in [0.2, 0.25) is 5.56 Å². The number of ether oxygens (including phenoxy) is 1. The molecule has 28 heavy (non-hydrogen) atoms. The first-order chi connectivity index (χ1) is 13.4. The molecule has 0 aliphatic carbocycles. The second-order valence-electron chi connectivity index (χ2n) is 6.50. The number of hydrogen-bond donors (Lipinski definition) is 3. The van der Waals surface area contributed by atoms with E-state index in [0.717, 1.165) is 5.69 Å². The molecule has 9 heteroatoms. The highest BCUT2D eigenvalue weighted by atomic mass is 19.1. The number of carbonyl (C=O) groups is 1. The summed E-state index contributed by atoms with van der Waals surface area (Å²) in [7, 11) is 0. The van der Waals surface area contributed by atoms with Crippen molar-refractivity contribution in [2.45, 2.75) is 13.0 Å². The zero-order valence-corrected chi connectivity index (χ0v) is 15.3. The molecule has 0 saturated carbocycles. The summed E-state index contributed by atoms with van der Waals surface area (Å²) < 4.78 is 19.9. The van der Waals surface area contributed by atoms with Gasteiger partial charge in [-0.1, -0.05) is 12.1 Å². The first kappa shape index (κ1) is 19.4. The topological polar surface area (TPSA) is 116 Å². The molecule has 1 aliphatic heterocycles. The fourth-order valence-electron chi connectivity index (χ4n) is 3.09. The zero-order valence-electron chi connectivity index (χ0n) is 15.3. The number of halogens is 1. The van der Waals surface area contributed by atoms with Crippen LogP contribution in [0.5, 0.6) is 0 Å². The van der Waals surface area contributed by atoms with E-state index in [1.807, 2.05) is 4.90 Å². The number of nitrogens with zero attached hydrogens (tertiary/aromatic N) is 2. The average Bonchev–Trinajstić information content (AvgIpc) is 2.67. The Balaban J connectivity index is 1.63. The molecule has 1 aromatic heterocycles. The number of hydrogen-bond acceptors (Lipinski definition) is 6. The second kappa shape index (κ2) is 8.55. The van der Waals surface area contributed by atoms with Gasteiger partial charge < -0.3 is 25.3 Å². The highest BCUT2D eigenvalue weighted by molar-refractivity contribution is 5.94. The number of benzene rings is 1. The lowest BCUT2D eigenvalue weighted by atomic mass is 10.1. The Morgan fingerprint density at radius 3 is 2.54 bits per heavy atom. The third-order valence-electron chi connectivity index (χ3n) is 4.54. The highest BCUT2D eigenvalue weighted by Gasteiger charge is 2.21. The molecule has 1 aromatic carbocycles. The Kier molecular flexibility index (Phi) is 5.93. The van der Waals surface area contributed by atoms with Crippen LogP contribution in [0.15, 0.2) is 41.3 Å². The number of esters is 1. The van der Waals surface area contributed by atoms with E-state index in [1.54, 1.807) is 30.5 Å². The summed E-state index contributed by atoms with van der Waals surface area (Å²) in [6.07, 6.45) is 1.36. The van der Waals surface area contributed by atoms with Gasteiger partial charge in [-0.2, -0.15) is 0 Å². The van der Waals surface area contributed by atoms with Crippen molar-refractivity contribution in [3.8, 4) is 0 Å². The van der Waals surface area contributed by atoms with Crippen LogP contribution in [0.25, 0.3) is 0 Å². The molecule has 0 spiro atoms. The minimum Gasteiger partial charge on any atom is -0.460 e. The second-order valence-corrected chi connectivity index (χ2v) is 6.50. The lowest BCUT2D eigenvalue weighted by molar-refractivity contribution is -0.143. The molecule has 2 aromatic rings. The molecular formula is C19H22FN5O3. The summed E-state index contributed by atoms with van der Waals surface area (Å²) in [4.78, 5) is 29.4. The van der Waals surface area contributed by atoms with E-state index in [-0.39, 0.29) is 30.0 Å². The van der Waals surface area contributed by atoms with Crippen LogP contribution in [0.4, 0.5) is 15.8 Å². The summed E-state index contributed by atoms with van der Waals surface area (Å²) in [5.74, 6) is -1.37. The van der Waals surface area contributed by atoms with Gasteiger partial charge in [0.15, 0.2) is 5.82 Å². The molecule has 0 unspecified atom stereocenters. The van der Waals surface area contributed by atoms with Crippen LogP contribution < -0.4 is 21.1 Å². The fourth-order valence-corrected chi connectivity index (χ4v) is 3.09. The molecule has 1 saturated heterocycles. The normalized spacial score (nSPS) is 14.0. The molecule has 1 aliphatic rings. The van der Waals surface area contributed by atoms with E-state index < -0.39 is 11.8 Å². The Morgan fingerprint density at radius 1 is 1.18 bits per heavy atom. The summed E-state index contributed by atoms with van der Waals surface area (Å²) in [5, 5.41) is 7.08. The van der Waals surface area contributed by atoms with E-state index >= 15 is 0 Å². The van der Waals surface area contributed by atoms with Crippen molar-refractivity contribution >= 4 is 23.2 Å². The molecule has 8 nitrogen and oxygen atoms in total. The molecule has 0 atom stereocenters. The number of rotatable bonds is 6. The van der Waals surface area contributed by atoms with Crippen molar-refractivity contribution in [1.82, 2.24) is 4.98 Å². The summed E-state index contributed by atoms with van der Waals surface area (Å²) in [5.41, 5.74) is 6.66. The van der Waals surface area contributed by atoms with Gasteiger partial charge in [-0.05, 0) is 12.1 Å². The summed E-state index contributed by atoms with van der Waals surface area (Å²) >= 11 is 0. The number of pyridine rings is 1. The predicted molar refractivity (Wildman–Crippen MR) is 104 cm³/mol. The van der Waals surface area contributed by atoms with Gasteiger partial charge in [-0.15, -0.1) is 0 Å². The molecule has 0 amide bonds. The van der Waals surface area contributed by atoms with Gasteiger partial charge >= 0.3 is 5.97 Å². The molecule has 0 bridgehead atoms. The number of nitrogens with one attached hydrogen (secondary N) is 2. The molecular weight excluding hydrogens is 365 g/mol. The maximum Gasteiger partial charge on any atom is 0.313 e. The van der Waals surface area contributed by atoms with Crippen LogP contribution in [0.2, 0.25) is 0 Å². The van der Waals surface area contributed by atoms with Crippen molar-refractivity contribution in [2.24, 2.45) is 5.73 Å². The van der Waals surface area contributed by atoms with Crippen LogP contribution in [0.3, 0.4) is 0 Å². The van der Waals surface area contributed by atoms with Gasteiger partial charge in [0.1, 0.15) is 18.9 Å². The summed E-state index contributed by atoms with van der Waals surface area (Å²) in [6, 6.07) is 8.24. The van der Waals surface area contributed by atoms with Crippen LogP contribution in [0.1, 0.15) is 12.0 Å². The lowest BCUT2D eigenvalue weighted by Crippen LogP contribution is -2.47. The van der Waals surface area contributed by atoms with Crippen LogP contribution in [-0.4, -0.2) is 43.0 Å². The molecule has 1 fully saturated rings. The largest absolute Gasteiger partial charge is 0.460 e. The van der Waals surface area contributed by atoms with Crippen molar-refractivity contribution < 1.29 is 13.9 Å². The Hall–Kier alpha value is -3.36. The molecule has 3 rings (SSSR count). The predicted octanol–water partition coefficient (Wildman–Crippen LogP) is 1.21. The van der Waals surface area contributed by atoms with Crippen molar-refractivity contribution in [3.05, 3.63) is 58.3 Å². The van der Waals surface area contributed by atoms with Crippen LogP contribution in [-0.2, 0) is 16.1 Å². The average molecular weight is 387 g/mol. The van der Waals surface area contributed by atoms with Gasteiger partial charge in [-0.25, -0.2) is 4.39 Å². The molecule has 4 N–H and O–H groups in total. The molecule has 2 heterocycles. The number of anilines is 2. The number of carbonyl (C=O) groups excluding carboxylic acids is 1. The third-order valence-corrected chi connectivity index (χ3v) is 4.54. The third kappa shape index (κ3) is 4.67. The molecule has 0 radical (unpaired) electrons. The monoisotopic (exact) mass is 387 g/mol. The number of amidine groups is 1. The standard InChI is InChI=1S/C19H22FN5O3/c20-19-13(12-28-18(27)10-16(21)22)2-1-3-15(19)25-8-6-24(7-9-25)14-4-5-17(26)23-11-14/h1-5,11H,6-10,12H2,(H3,21,22)(H,23,26). The van der Waals surface area contributed by atoms with E-state index in [2.05, 4.69) is 9.88 Å². The number of piperazine rings is 1. The van der Waals surface area contributed by atoms with E-state index in [0.29, 0.717) is 31.9 Å². The minimum absolute atomic E-state index is 0.148. The van der Waals surface area contributed by atoms with Gasteiger partial charge in [0.05, 0.1) is 11.4 Å². The fraction of sp³-hybridized carbons (Fsp3) is 0.316. The molecule has 148 valence electrons. The number of aromatic nitrogens is 1. The Labute approximate surface area is 161 Å². The maximum atomic E-state index is 14.9. The Bertz CT molecular complexity index is 902. The zero-order chi connectivity index (χ0) is 20.1. The summed E-state index contributed by atoms with van der Waals surface area (Å²) in [6.45, 7) is 2.39. The minimum atomic E-state index is -0.660. The number of aromatic amines is 1. The van der Waals surface area contributed by atoms with Gasteiger partial charge in [0, 0.05) is 44.0 Å². The smallest absolute Gasteiger partial charge is 0.313 e. The van der Waals surface area contributed by atoms with Crippen molar-refractivity contribution in [3.63, 3.8) is 0 Å². The van der Waals surface area contributed by atoms with Gasteiger partial charge in [-0.3, -0.25) is 15.0 Å². The van der Waals surface area contributed by atoms with E-state index in [1.165, 1.54) is 6.07 Å². The Morgan fingerprint density at radius 2 is 1.89 bits per heavy atom. The SMILES string of the molecule is N=C(N)CC(=O)OCc1cccc(N2CCN(c3ccc(=O)[nH]c3)CC2)c1F. The number of H-pyrrole nitrogens is 1. The van der Waals surface area contributed by atoms with E-state index in [4.69, 9.17) is 15.9 Å². The van der Waals surface area contributed by atoms with Crippen LogP contribution in [0, 0.1) is 11.2 Å². The number of nitrogens with two attached hydrogens (primary N) is 1. The van der Waals surface area contributed by atoms with Crippen molar-refractivity contribution in [2.75, 3.05) is 36.0 Å². The van der Waals surface area contributed by atoms with Gasteiger partial charge in [0.25, 0.3) is 0 Å². The maximum absolute atomic E-state index is 14.9. The van der Waals surface area contributed by atoms with E-state index in [9.17, 15) is 14.0 Å². The van der Waals surface area contributed by atoms with Crippen molar-refractivity contribution in [1.29, 1.82) is 5.41 Å². The quantitative estimate of drug-likeness (QED) is 0.390. The first-order valence-corrected chi connectivity index (χ1v) is 8.88. The van der Waals surface area contributed by atoms with Crippen LogP contribution >= 0.6 is 0 Å².